The first kappa shape index (κ1) is 15.3. The molecule has 0 aromatic rings. The molecule has 0 aromatic carbocycles. The van der Waals surface area contributed by atoms with Crippen molar-refractivity contribution in [1.82, 2.24) is 10.6 Å². The van der Waals surface area contributed by atoms with Crippen LogP contribution >= 0.6 is 0 Å². The average molecular weight is 240 g/mol. The molecule has 0 aromatic heterocycles. The number of rotatable bonds is 6. The van der Waals surface area contributed by atoms with Gasteiger partial charge in [-0.3, -0.25) is 0 Å². The van der Waals surface area contributed by atoms with E-state index in [4.69, 9.17) is 11.5 Å². The average Bonchev–Trinajstić information content (AvgIpc) is 2.24. The number of amides is 2. The quantitative estimate of drug-likeness (QED) is 0.607. The Balaban J connectivity index is 4.08. The molecule has 0 saturated carbocycles. The molecule has 0 heterocycles. The summed E-state index contributed by atoms with van der Waals surface area (Å²) in [6, 6.07) is -1.53. The van der Waals surface area contributed by atoms with E-state index in [9.17, 15) is 9.59 Å². The lowest BCUT2D eigenvalue weighted by Crippen LogP contribution is -2.47. The molecule has 2 unspecified atom stereocenters. The third-order valence-electron chi connectivity index (χ3n) is 2.65. The first-order chi connectivity index (χ1) is 7.88. The van der Waals surface area contributed by atoms with Crippen LogP contribution in [0.1, 0.15) is 27.2 Å². The van der Waals surface area contributed by atoms with E-state index in [2.05, 4.69) is 30.4 Å². The van der Waals surface area contributed by atoms with Gasteiger partial charge in [0.05, 0.1) is 0 Å². The van der Waals surface area contributed by atoms with Gasteiger partial charge in [0, 0.05) is 13.0 Å². The van der Waals surface area contributed by atoms with Crippen LogP contribution in [0, 0.1) is 24.2 Å². The molecular weight excluding hydrogens is 220 g/mol. The molecule has 0 fully saturated rings. The van der Waals surface area contributed by atoms with Crippen molar-refractivity contribution in [2.45, 2.75) is 33.2 Å². The Morgan fingerprint density at radius 1 is 1.35 bits per heavy atom. The molecule has 0 radical (unpaired) electrons. The highest BCUT2D eigenvalue weighted by atomic mass is 16.4. The second-order valence-electron chi connectivity index (χ2n) is 4.37. The minimum Gasteiger partial charge on any atom is -0.480 e. The molecule has 0 aliphatic carbocycles. The number of carbonyl (C=O) groups is 2. The lowest BCUT2D eigenvalue weighted by molar-refractivity contribution is -0.139. The van der Waals surface area contributed by atoms with Crippen molar-refractivity contribution in [3.05, 3.63) is 0 Å². The summed E-state index contributed by atoms with van der Waals surface area (Å²) in [5.74, 6) is 1.87. The Kier molecular flexibility index (Phi) is 6.80. The number of nitrogens with one attached hydrogen (secondary N) is 2. The second kappa shape index (κ2) is 7.55. The van der Waals surface area contributed by atoms with E-state index in [-0.39, 0.29) is 6.42 Å². The van der Waals surface area contributed by atoms with Crippen LogP contribution < -0.4 is 10.6 Å². The predicted octanol–water partition coefficient (Wildman–Crippen LogP) is 1.05. The van der Waals surface area contributed by atoms with Crippen molar-refractivity contribution in [3.63, 3.8) is 0 Å². The number of carboxylic acids is 1. The maximum absolute atomic E-state index is 11.4. The molecule has 2 atom stereocenters. The summed E-state index contributed by atoms with van der Waals surface area (Å²) >= 11 is 0. The maximum atomic E-state index is 11.4. The number of aliphatic carboxylic acids is 1. The fourth-order valence-electron chi connectivity index (χ4n) is 1.02. The Morgan fingerprint density at radius 2 is 1.94 bits per heavy atom. The largest absolute Gasteiger partial charge is 0.480 e. The molecule has 0 bridgehead atoms. The molecule has 2 amide bonds. The Morgan fingerprint density at radius 3 is 2.35 bits per heavy atom. The fraction of sp³-hybridized carbons (Fsp3) is 0.667. The van der Waals surface area contributed by atoms with Gasteiger partial charge in [0.25, 0.3) is 0 Å². The maximum Gasteiger partial charge on any atom is 0.327 e. The summed E-state index contributed by atoms with van der Waals surface area (Å²) in [5, 5.41) is 13.7. The van der Waals surface area contributed by atoms with Gasteiger partial charge in [-0.2, -0.15) is 0 Å². The topological polar surface area (TPSA) is 78.4 Å². The Bertz CT molecular complexity index is 307. The number of hydrogen-bond acceptors (Lipinski definition) is 2. The molecule has 0 rings (SSSR count). The number of urea groups is 1. The van der Waals surface area contributed by atoms with E-state index in [1.165, 1.54) is 0 Å². The van der Waals surface area contributed by atoms with Crippen molar-refractivity contribution in [1.29, 1.82) is 0 Å². The second-order valence-corrected chi connectivity index (χ2v) is 4.37. The third kappa shape index (κ3) is 6.46. The zero-order chi connectivity index (χ0) is 13.4. The monoisotopic (exact) mass is 240 g/mol. The molecule has 0 aliphatic heterocycles. The van der Waals surface area contributed by atoms with E-state index < -0.39 is 18.0 Å². The molecular formula is C12H20N2O3. The van der Waals surface area contributed by atoms with Crippen molar-refractivity contribution in [3.8, 4) is 12.3 Å². The zero-order valence-corrected chi connectivity index (χ0v) is 10.5. The first-order valence-electron chi connectivity index (χ1n) is 5.59. The highest BCUT2D eigenvalue weighted by Gasteiger charge is 2.18. The number of carbonyl (C=O) groups excluding carboxylic acids is 1. The number of terminal acetylenes is 1. The number of carboxylic acid groups (broad SMARTS) is 1. The van der Waals surface area contributed by atoms with Crippen LogP contribution in [-0.2, 0) is 4.79 Å². The minimum atomic E-state index is -1.13. The summed E-state index contributed by atoms with van der Waals surface area (Å²) in [6.45, 7) is 6.64. The van der Waals surface area contributed by atoms with E-state index in [1.54, 1.807) is 0 Å². The molecule has 0 saturated heterocycles. The van der Waals surface area contributed by atoms with Crippen LogP contribution in [0.2, 0.25) is 0 Å². The van der Waals surface area contributed by atoms with Crippen LogP contribution in [0.3, 0.4) is 0 Å². The molecule has 0 aliphatic rings. The van der Waals surface area contributed by atoms with Crippen molar-refractivity contribution in [2.75, 3.05) is 6.54 Å². The van der Waals surface area contributed by atoms with E-state index in [1.807, 2.05) is 6.92 Å². The van der Waals surface area contributed by atoms with E-state index in [0.717, 1.165) is 0 Å². The van der Waals surface area contributed by atoms with Gasteiger partial charge in [0.2, 0.25) is 0 Å². The van der Waals surface area contributed by atoms with Gasteiger partial charge in [0.1, 0.15) is 6.04 Å². The normalized spacial score (nSPS) is 13.6. The summed E-state index contributed by atoms with van der Waals surface area (Å²) in [5.41, 5.74) is 0. The standard InChI is InChI=1S/C12H20N2O3/c1-5-6-10(11(15)16)14-12(17)13-7-9(4)8(2)3/h1,8-10H,6-7H2,2-4H3,(H,15,16)(H2,13,14,17). The van der Waals surface area contributed by atoms with E-state index in [0.29, 0.717) is 18.4 Å². The van der Waals surface area contributed by atoms with Gasteiger partial charge >= 0.3 is 12.0 Å². The summed E-state index contributed by atoms with van der Waals surface area (Å²) < 4.78 is 0. The fourth-order valence-corrected chi connectivity index (χ4v) is 1.02. The smallest absolute Gasteiger partial charge is 0.327 e. The molecule has 5 heteroatoms. The highest BCUT2D eigenvalue weighted by Crippen LogP contribution is 2.07. The van der Waals surface area contributed by atoms with Crippen molar-refractivity contribution >= 4 is 12.0 Å². The summed E-state index contributed by atoms with van der Waals surface area (Å²) in [4.78, 5) is 22.1. The van der Waals surface area contributed by atoms with Crippen molar-refractivity contribution in [2.24, 2.45) is 11.8 Å². The lowest BCUT2D eigenvalue weighted by Gasteiger charge is -2.17. The molecule has 5 nitrogen and oxygen atoms in total. The third-order valence-corrected chi connectivity index (χ3v) is 2.65. The van der Waals surface area contributed by atoms with Crippen LogP contribution in [0.15, 0.2) is 0 Å². The van der Waals surface area contributed by atoms with Crippen LogP contribution in [0.4, 0.5) is 4.79 Å². The van der Waals surface area contributed by atoms with Crippen molar-refractivity contribution < 1.29 is 14.7 Å². The summed E-state index contributed by atoms with van der Waals surface area (Å²) in [7, 11) is 0. The molecule has 96 valence electrons. The van der Waals surface area contributed by atoms with E-state index >= 15 is 0 Å². The van der Waals surface area contributed by atoms with Crippen LogP contribution in [0.25, 0.3) is 0 Å². The summed E-state index contributed by atoms with van der Waals surface area (Å²) in [6.07, 6.45) is 4.99. The first-order valence-corrected chi connectivity index (χ1v) is 5.59. The van der Waals surface area contributed by atoms with Gasteiger partial charge < -0.3 is 15.7 Å². The molecule has 0 spiro atoms. The van der Waals surface area contributed by atoms with Gasteiger partial charge in [-0.15, -0.1) is 12.3 Å². The molecule has 3 N–H and O–H groups in total. The van der Waals surface area contributed by atoms with Gasteiger partial charge in [-0.1, -0.05) is 20.8 Å². The minimum absolute atomic E-state index is 0.0253. The van der Waals surface area contributed by atoms with Crippen LogP contribution in [-0.4, -0.2) is 29.7 Å². The SMILES string of the molecule is C#CCC(NC(=O)NCC(C)C(C)C)C(=O)O. The predicted molar refractivity (Wildman–Crippen MR) is 65.4 cm³/mol. The van der Waals surface area contributed by atoms with Gasteiger partial charge in [-0.25, -0.2) is 9.59 Å². The Labute approximate surface area is 102 Å². The highest BCUT2D eigenvalue weighted by molar-refractivity contribution is 5.82. The van der Waals surface area contributed by atoms with Gasteiger partial charge in [-0.05, 0) is 11.8 Å². The zero-order valence-electron chi connectivity index (χ0n) is 10.5. The Hall–Kier alpha value is -1.70. The molecule has 17 heavy (non-hydrogen) atoms. The lowest BCUT2D eigenvalue weighted by atomic mass is 9.98. The van der Waals surface area contributed by atoms with Gasteiger partial charge in [0.15, 0.2) is 0 Å². The van der Waals surface area contributed by atoms with Crippen LogP contribution in [0.5, 0.6) is 0 Å². The number of hydrogen-bond donors (Lipinski definition) is 3.